The lowest BCUT2D eigenvalue weighted by atomic mass is 10.0. The van der Waals surface area contributed by atoms with Gasteiger partial charge in [-0.3, -0.25) is 0 Å². The minimum absolute atomic E-state index is 0.298. The summed E-state index contributed by atoms with van der Waals surface area (Å²) in [6.45, 7) is 8.22. The molecule has 0 aliphatic rings. The molecular weight excluding hydrogens is 276 g/mol. The number of hydrogen-bond donors (Lipinski definition) is 0. The number of rotatable bonds is 5. The monoisotopic (exact) mass is 300 g/mol. The zero-order valence-electron chi connectivity index (χ0n) is 14.0. The Bertz CT molecular complexity index is 622. The maximum Gasteiger partial charge on any atom is 0.230 e. The number of hydrogen-bond acceptors (Lipinski definition) is 4. The lowest BCUT2D eigenvalue weighted by Gasteiger charge is -2.06. The van der Waals surface area contributed by atoms with Gasteiger partial charge in [0.1, 0.15) is 5.75 Å². The molecule has 0 amide bonds. The molecule has 0 spiro atoms. The average Bonchev–Trinajstić information content (AvgIpc) is 3.06. The number of ether oxygens (including phenoxy) is 1. The lowest BCUT2D eigenvalue weighted by molar-refractivity contribution is 0.346. The highest BCUT2D eigenvalue weighted by Gasteiger charge is 2.18. The van der Waals surface area contributed by atoms with E-state index in [2.05, 4.69) is 29.9 Å². The molecule has 0 fully saturated rings. The summed E-state index contributed by atoms with van der Waals surface area (Å²) in [6, 6.07) is 5.49. The fraction of sp³-hybridized carbons (Fsp3) is 0.444. The summed E-state index contributed by atoms with van der Waals surface area (Å²) in [4.78, 5) is 4.48. The average molecular weight is 300 g/mol. The largest absolute Gasteiger partial charge is 0.496 e. The molecule has 0 atom stereocenters. The van der Waals surface area contributed by atoms with Crippen LogP contribution in [0.4, 0.5) is 0 Å². The Kier molecular flexibility index (Phi) is 7.18. The first-order valence-corrected chi connectivity index (χ1v) is 7.72. The Morgan fingerprint density at radius 1 is 1.27 bits per heavy atom. The molecule has 0 saturated heterocycles. The summed E-state index contributed by atoms with van der Waals surface area (Å²) >= 11 is 0. The third kappa shape index (κ3) is 3.88. The summed E-state index contributed by atoms with van der Waals surface area (Å²) in [5.74, 6) is 4.74. The van der Waals surface area contributed by atoms with E-state index in [0.29, 0.717) is 23.4 Å². The molecule has 2 rings (SSSR count). The van der Waals surface area contributed by atoms with Gasteiger partial charge in [-0.2, -0.15) is 4.98 Å². The van der Waals surface area contributed by atoms with E-state index in [1.807, 2.05) is 26.0 Å². The van der Waals surface area contributed by atoms with Gasteiger partial charge < -0.3 is 9.26 Å². The van der Waals surface area contributed by atoms with Gasteiger partial charge >= 0.3 is 0 Å². The van der Waals surface area contributed by atoms with Crippen molar-refractivity contribution in [2.24, 2.45) is 0 Å². The van der Waals surface area contributed by atoms with Crippen LogP contribution in [0.25, 0.3) is 11.4 Å². The molecule has 4 heteroatoms. The van der Waals surface area contributed by atoms with E-state index >= 15 is 0 Å². The molecular formula is C18H24N2O2. The molecule has 4 nitrogen and oxygen atoms in total. The maximum atomic E-state index is 5.39. The summed E-state index contributed by atoms with van der Waals surface area (Å²) in [6.07, 6.45) is 7.34. The van der Waals surface area contributed by atoms with Crippen LogP contribution in [0, 0.1) is 12.3 Å². The SMILES string of the molecule is C#Cc1ccc(-c2noc(C(CC)CC)n2)c(OC)c1.CC. The van der Waals surface area contributed by atoms with Crippen molar-refractivity contribution in [1.82, 2.24) is 10.1 Å². The Morgan fingerprint density at radius 2 is 1.95 bits per heavy atom. The van der Waals surface area contributed by atoms with Crippen LogP contribution in [0.5, 0.6) is 5.75 Å². The van der Waals surface area contributed by atoms with Crippen molar-refractivity contribution in [3.05, 3.63) is 29.7 Å². The first-order valence-electron chi connectivity index (χ1n) is 7.72. The molecule has 0 N–H and O–H groups in total. The number of nitrogens with zero attached hydrogens (tertiary/aromatic N) is 2. The fourth-order valence-corrected chi connectivity index (χ4v) is 2.11. The van der Waals surface area contributed by atoms with E-state index in [1.54, 1.807) is 13.2 Å². The highest BCUT2D eigenvalue weighted by atomic mass is 16.5. The second-order valence-corrected chi connectivity index (χ2v) is 4.53. The van der Waals surface area contributed by atoms with Gasteiger partial charge in [-0.25, -0.2) is 0 Å². The minimum Gasteiger partial charge on any atom is -0.496 e. The van der Waals surface area contributed by atoms with Crippen LogP contribution >= 0.6 is 0 Å². The lowest BCUT2D eigenvalue weighted by Crippen LogP contribution is -1.96. The molecule has 1 aromatic carbocycles. The molecule has 2 aromatic rings. The molecule has 22 heavy (non-hydrogen) atoms. The topological polar surface area (TPSA) is 48.2 Å². The van der Waals surface area contributed by atoms with Crippen LogP contribution in [-0.2, 0) is 0 Å². The second-order valence-electron chi connectivity index (χ2n) is 4.53. The summed E-state index contributed by atoms with van der Waals surface area (Å²) < 4.78 is 10.7. The van der Waals surface area contributed by atoms with Crippen LogP contribution < -0.4 is 4.74 Å². The summed E-state index contributed by atoms with van der Waals surface area (Å²) in [5.41, 5.74) is 1.54. The Labute approximate surface area is 132 Å². The summed E-state index contributed by atoms with van der Waals surface area (Å²) in [7, 11) is 1.60. The van der Waals surface area contributed by atoms with Crippen molar-refractivity contribution < 1.29 is 9.26 Å². The molecule has 0 unspecified atom stereocenters. The van der Waals surface area contributed by atoms with E-state index in [0.717, 1.165) is 24.0 Å². The fourth-order valence-electron chi connectivity index (χ4n) is 2.11. The van der Waals surface area contributed by atoms with Crippen LogP contribution in [0.2, 0.25) is 0 Å². The molecule has 1 aromatic heterocycles. The van der Waals surface area contributed by atoms with Gasteiger partial charge in [0.25, 0.3) is 0 Å². The number of benzene rings is 1. The molecule has 118 valence electrons. The number of methoxy groups -OCH3 is 1. The standard InChI is InChI=1S/C16H18N2O2.C2H6/c1-5-11-8-9-13(14(10-11)19-4)15-17-16(20-18-15)12(6-2)7-3;1-2/h1,8-10,12H,6-7H2,2-4H3;1-2H3. The molecule has 1 heterocycles. The minimum atomic E-state index is 0.298. The zero-order chi connectivity index (χ0) is 16.5. The van der Waals surface area contributed by atoms with Crippen molar-refractivity contribution >= 4 is 0 Å². The third-order valence-corrected chi connectivity index (χ3v) is 3.39. The Balaban J connectivity index is 0.00000116. The Morgan fingerprint density at radius 3 is 2.50 bits per heavy atom. The Hall–Kier alpha value is -2.28. The van der Waals surface area contributed by atoms with Crippen molar-refractivity contribution in [3.8, 4) is 29.5 Å². The van der Waals surface area contributed by atoms with E-state index in [4.69, 9.17) is 15.7 Å². The predicted octanol–water partition coefficient (Wildman–Crippen LogP) is 4.66. The summed E-state index contributed by atoms with van der Waals surface area (Å²) in [5, 5.41) is 4.05. The van der Waals surface area contributed by atoms with Gasteiger partial charge in [0.15, 0.2) is 0 Å². The number of aromatic nitrogens is 2. The van der Waals surface area contributed by atoms with Crippen molar-refractivity contribution in [3.63, 3.8) is 0 Å². The smallest absolute Gasteiger partial charge is 0.230 e. The van der Waals surface area contributed by atoms with E-state index < -0.39 is 0 Å². The first-order chi connectivity index (χ1) is 10.7. The molecule has 0 aliphatic carbocycles. The van der Waals surface area contributed by atoms with Gasteiger partial charge in [-0.15, -0.1) is 6.42 Å². The third-order valence-electron chi connectivity index (χ3n) is 3.39. The van der Waals surface area contributed by atoms with Gasteiger partial charge in [-0.05, 0) is 31.0 Å². The van der Waals surface area contributed by atoms with Crippen LogP contribution in [-0.4, -0.2) is 17.3 Å². The van der Waals surface area contributed by atoms with E-state index in [-0.39, 0.29) is 0 Å². The van der Waals surface area contributed by atoms with Crippen molar-refractivity contribution in [1.29, 1.82) is 0 Å². The second kappa shape index (κ2) is 8.89. The zero-order valence-corrected chi connectivity index (χ0v) is 14.0. The quantitative estimate of drug-likeness (QED) is 0.754. The highest BCUT2D eigenvalue weighted by Crippen LogP contribution is 2.30. The predicted molar refractivity (Wildman–Crippen MR) is 88.9 cm³/mol. The van der Waals surface area contributed by atoms with Gasteiger partial charge in [-0.1, -0.05) is 38.8 Å². The molecule has 0 aliphatic heterocycles. The molecule has 0 bridgehead atoms. The van der Waals surface area contributed by atoms with E-state index in [1.165, 1.54) is 0 Å². The van der Waals surface area contributed by atoms with Crippen LogP contribution in [0.1, 0.15) is 57.9 Å². The van der Waals surface area contributed by atoms with E-state index in [9.17, 15) is 0 Å². The first kappa shape index (κ1) is 17.8. The van der Waals surface area contributed by atoms with Crippen molar-refractivity contribution in [2.45, 2.75) is 46.5 Å². The molecule has 0 radical (unpaired) electrons. The molecule has 0 saturated carbocycles. The van der Waals surface area contributed by atoms with Crippen LogP contribution in [0.15, 0.2) is 22.7 Å². The van der Waals surface area contributed by atoms with Gasteiger partial charge in [0, 0.05) is 11.5 Å². The van der Waals surface area contributed by atoms with Gasteiger partial charge in [0.2, 0.25) is 11.7 Å². The van der Waals surface area contributed by atoms with Gasteiger partial charge in [0.05, 0.1) is 12.7 Å². The normalized spacial score (nSPS) is 9.86. The number of terminal acetylenes is 1. The van der Waals surface area contributed by atoms with Crippen LogP contribution in [0.3, 0.4) is 0 Å². The van der Waals surface area contributed by atoms with Crippen molar-refractivity contribution in [2.75, 3.05) is 7.11 Å². The maximum absolute atomic E-state index is 5.39. The highest BCUT2D eigenvalue weighted by molar-refractivity contribution is 5.65.